The molecule has 2 N–H and O–H groups in total. The van der Waals surface area contributed by atoms with Crippen molar-refractivity contribution in [2.24, 2.45) is 0 Å². The number of benzene rings is 2. The molecule has 0 amide bonds. The average molecular weight is 332 g/mol. The highest BCUT2D eigenvalue weighted by Crippen LogP contribution is 2.26. The zero-order valence-electron chi connectivity index (χ0n) is 10.9. The van der Waals surface area contributed by atoms with Crippen LogP contribution in [0.2, 0.25) is 0 Å². The molecule has 6 nitrogen and oxygen atoms in total. The Labute approximate surface area is 123 Å². The Morgan fingerprint density at radius 1 is 1.23 bits per heavy atom. The normalized spacial score (nSPS) is 12.3. The van der Waals surface area contributed by atoms with E-state index < -0.39 is 27.9 Å². The van der Waals surface area contributed by atoms with Gasteiger partial charge >= 0.3 is 21.3 Å². The van der Waals surface area contributed by atoms with Crippen LogP contribution in [-0.2, 0) is 26.3 Å². The number of rotatable bonds is 4. The van der Waals surface area contributed by atoms with Gasteiger partial charge in [0.1, 0.15) is 12.4 Å². The predicted octanol–water partition coefficient (Wildman–Crippen LogP) is 2.07. The molecule has 0 aromatic heterocycles. The molecule has 9 heteroatoms. The summed E-state index contributed by atoms with van der Waals surface area (Å²) in [4.78, 5) is 11.1. The molecule has 0 atom stereocenters. The first-order valence-electron chi connectivity index (χ1n) is 5.85. The molecule has 22 heavy (non-hydrogen) atoms. The Kier molecular flexibility index (Phi) is 4.03. The number of alkyl halides is 2. The molecule has 2 aromatic carbocycles. The molecule has 2 aromatic rings. The van der Waals surface area contributed by atoms with Crippen LogP contribution in [0.4, 0.5) is 8.78 Å². The minimum absolute atomic E-state index is 0.0268. The molecule has 0 heterocycles. The van der Waals surface area contributed by atoms with Gasteiger partial charge in [-0.05, 0) is 23.1 Å². The van der Waals surface area contributed by atoms with Crippen LogP contribution >= 0.6 is 0 Å². The van der Waals surface area contributed by atoms with Crippen molar-refractivity contribution in [1.82, 2.24) is 0 Å². The number of aromatic hydroxyl groups is 1. The number of hydrogen-bond donors (Lipinski definition) is 2. The Bertz CT molecular complexity index is 832. The van der Waals surface area contributed by atoms with Crippen molar-refractivity contribution in [3.8, 4) is 5.75 Å². The molecule has 0 fully saturated rings. The summed E-state index contributed by atoms with van der Waals surface area (Å²) in [5, 5.41) is 5.67. The van der Waals surface area contributed by atoms with E-state index in [9.17, 15) is 27.1 Å². The number of esters is 1. The maximum atomic E-state index is 13.0. The molecule has 0 aliphatic heterocycles. The van der Waals surface area contributed by atoms with Gasteiger partial charge in [-0.3, -0.25) is 4.55 Å². The summed E-state index contributed by atoms with van der Waals surface area (Å²) in [6.07, 6.45) is 0. The Morgan fingerprint density at radius 3 is 2.55 bits per heavy atom. The zero-order valence-corrected chi connectivity index (χ0v) is 11.7. The summed E-state index contributed by atoms with van der Waals surface area (Å²) >= 11 is 0. The second-order valence-electron chi connectivity index (χ2n) is 4.40. The highest BCUT2D eigenvalue weighted by atomic mass is 32.2. The van der Waals surface area contributed by atoms with Gasteiger partial charge in [0.25, 0.3) is 0 Å². The van der Waals surface area contributed by atoms with E-state index in [-0.39, 0.29) is 5.75 Å². The molecule has 0 radical (unpaired) electrons. The fraction of sp³-hybridized carbons (Fsp3) is 0.154. The number of carbonyl (C=O) groups is 1. The SMILES string of the molecule is O=C(OCc1ccc2c(O)cccc2c1)C(F)(F)S(=O)(=O)O. The highest BCUT2D eigenvalue weighted by molar-refractivity contribution is 7.87. The lowest BCUT2D eigenvalue weighted by Gasteiger charge is -2.12. The maximum absolute atomic E-state index is 13.0. The van der Waals surface area contributed by atoms with E-state index >= 15 is 0 Å². The maximum Gasteiger partial charge on any atom is 0.465 e. The molecular weight excluding hydrogens is 322 g/mol. The van der Waals surface area contributed by atoms with Crippen molar-refractivity contribution in [3.05, 3.63) is 42.0 Å². The molecule has 0 saturated carbocycles. The molecule has 0 aliphatic carbocycles. The third-order valence-electron chi connectivity index (χ3n) is 2.85. The van der Waals surface area contributed by atoms with Crippen LogP contribution in [-0.4, -0.2) is 29.3 Å². The molecule has 0 bridgehead atoms. The monoisotopic (exact) mass is 332 g/mol. The minimum Gasteiger partial charge on any atom is -0.507 e. The van der Waals surface area contributed by atoms with Gasteiger partial charge in [-0.15, -0.1) is 0 Å². The van der Waals surface area contributed by atoms with E-state index in [2.05, 4.69) is 4.74 Å². The zero-order chi connectivity index (χ0) is 16.5. The van der Waals surface area contributed by atoms with Gasteiger partial charge in [0.2, 0.25) is 0 Å². The number of fused-ring (bicyclic) bond motifs is 1. The fourth-order valence-corrected chi connectivity index (χ4v) is 2.01. The van der Waals surface area contributed by atoms with E-state index in [0.29, 0.717) is 16.3 Å². The third-order valence-corrected chi connectivity index (χ3v) is 3.67. The molecule has 118 valence electrons. The first kappa shape index (κ1) is 16.1. The number of carbonyl (C=O) groups excluding carboxylic acids is 1. The molecule has 0 spiro atoms. The summed E-state index contributed by atoms with van der Waals surface area (Å²) < 4.78 is 59.3. The van der Waals surface area contributed by atoms with Crippen molar-refractivity contribution < 1.29 is 36.4 Å². The summed E-state index contributed by atoms with van der Waals surface area (Å²) in [6, 6.07) is 9.07. The number of halogens is 2. The quantitative estimate of drug-likeness (QED) is 0.656. The highest BCUT2D eigenvalue weighted by Gasteiger charge is 2.54. The Hall–Kier alpha value is -2.26. The molecule has 2 rings (SSSR count). The summed E-state index contributed by atoms with van der Waals surface area (Å²) in [6.45, 7) is -0.616. The third kappa shape index (κ3) is 3.00. The fourth-order valence-electron chi connectivity index (χ4n) is 1.74. The summed E-state index contributed by atoms with van der Waals surface area (Å²) in [5.41, 5.74) is 0.303. The van der Waals surface area contributed by atoms with E-state index in [1.807, 2.05) is 0 Å². The second-order valence-corrected chi connectivity index (χ2v) is 5.86. The smallest absolute Gasteiger partial charge is 0.465 e. The summed E-state index contributed by atoms with van der Waals surface area (Å²) in [5.74, 6) is -2.34. The van der Waals surface area contributed by atoms with Crippen molar-refractivity contribution in [1.29, 1.82) is 0 Å². The van der Waals surface area contributed by atoms with Crippen LogP contribution in [0.5, 0.6) is 5.75 Å². The van der Waals surface area contributed by atoms with E-state index in [4.69, 9.17) is 4.55 Å². The Morgan fingerprint density at radius 2 is 1.91 bits per heavy atom. The number of phenols is 1. The number of ether oxygens (including phenoxy) is 1. The van der Waals surface area contributed by atoms with Gasteiger partial charge in [0, 0.05) is 5.39 Å². The molecular formula is C13H10F2O6S. The molecule has 0 saturated heterocycles. The first-order valence-corrected chi connectivity index (χ1v) is 7.29. The summed E-state index contributed by atoms with van der Waals surface area (Å²) in [7, 11) is -5.89. The molecule has 0 aliphatic rings. The molecule has 0 unspecified atom stereocenters. The second kappa shape index (κ2) is 5.50. The van der Waals surface area contributed by atoms with Crippen LogP contribution in [0.25, 0.3) is 10.8 Å². The lowest BCUT2D eigenvalue weighted by molar-refractivity contribution is -0.162. The van der Waals surface area contributed by atoms with Crippen molar-refractivity contribution >= 4 is 26.9 Å². The topological polar surface area (TPSA) is 101 Å². The standard InChI is InChI=1S/C13H10F2O6S/c14-13(15,22(18,19)20)12(17)21-7-8-4-5-10-9(6-8)2-1-3-11(10)16/h1-6,16H,7H2,(H,18,19,20). The van der Waals surface area contributed by atoms with Crippen LogP contribution in [0.1, 0.15) is 5.56 Å². The predicted molar refractivity (Wildman–Crippen MR) is 71.9 cm³/mol. The van der Waals surface area contributed by atoms with Crippen LogP contribution in [0, 0.1) is 0 Å². The van der Waals surface area contributed by atoms with Gasteiger partial charge in [0.15, 0.2) is 0 Å². The number of phenolic OH excluding ortho intramolecular Hbond substituents is 1. The van der Waals surface area contributed by atoms with Crippen LogP contribution in [0.15, 0.2) is 36.4 Å². The van der Waals surface area contributed by atoms with Gasteiger partial charge < -0.3 is 9.84 Å². The lowest BCUT2D eigenvalue weighted by atomic mass is 10.1. The Balaban J connectivity index is 2.17. The largest absolute Gasteiger partial charge is 0.507 e. The van der Waals surface area contributed by atoms with E-state index in [1.165, 1.54) is 24.3 Å². The van der Waals surface area contributed by atoms with Gasteiger partial charge in [-0.1, -0.05) is 24.3 Å². The van der Waals surface area contributed by atoms with E-state index in [0.717, 1.165) is 0 Å². The van der Waals surface area contributed by atoms with Crippen molar-refractivity contribution in [2.75, 3.05) is 0 Å². The van der Waals surface area contributed by atoms with Gasteiger partial charge in [-0.2, -0.15) is 17.2 Å². The van der Waals surface area contributed by atoms with Gasteiger partial charge in [-0.25, -0.2) is 4.79 Å². The lowest BCUT2D eigenvalue weighted by Crippen LogP contribution is -2.38. The minimum atomic E-state index is -5.89. The van der Waals surface area contributed by atoms with Crippen molar-refractivity contribution in [2.45, 2.75) is 11.9 Å². The average Bonchev–Trinajstić information content (AvgIpc) is 2.43. The van der Waals surface area contributed by atoms with E-state index in [1.54, 1.807) is 12.1 Å². The van der Waals surface area contributed by atoms with Crippen molar-refractivity contribution in [3.63, 3.8) is 0 Å². The van der Waals surface area contributed by atoms with Crippen LogP contribution in [0.3, 0.4) is 0 Å². The van der Waals surface area contributed by atoms with Crippen LogP contribution < -0.4 is 0 Å². The first-order chi connectivity index (χ1) is 10.1. The van der Waals surface area contributed by atoms with Gasteiger partial charge in [0.05, 0.1) is 0 Å². The number of hydrogen-bond acceptors (Lipinski definition) is 5.